The van der Waals surface area contributed by atoms with Crippen LogP contribution in [-0.4, -0.2) is 25.0 Å². The molecule has 0 aromatic heterocycles. The molecule has 2 aliphatic rings. The van der Waals surface area contributed by atoms with Crippen molar-refractivity contribution in [2.24, 2.45) is 11.8 Å². The van der Waals surface area contributed by atoms with E-state index in [9.17, 15) is 4.79 Å². The Morgan fingerprint density at radius 3 is 2.86 bits per heavy atom. The van der Waals surface area contributed by atoms with Gasteiger partial charge in [-0.1, -0.05) is 0 Å². The SMILES string of the molecule is CC1NCCCC1C(=O)NCC1CC1. The molecule has 3 heteroatoms. The third-order valence-corrected chi connectivity index (χ3v) is 3.36. The standard InChI is InChI=1S/C11H20N2O/c1-8-10(3-2-6-12-8)11(14)13-7-9-4-5-9/h8-10,12H,2-7H2,1H3,(H,13,14). The third-order valence-electron chi connectivity index (χ3n) is 3.36. The lowest BCUT2D eigenvalue weighted by molar-refractivity contribution is -0.126. The Kier molecular flexibility index (Phi) is 3.06. The maximum absolute atomic E-state index is 11.8. The smallest absolute Gasteiger partial charge is 0.224 e. The van der Waals surface area contributed by atoms with Crippen molar-refractivity contribution in [2.45, 2.75) is 38.6 Å². The molecule has 0 aromatic rings. The van der Waals surface area contributed by atoms with Gasteiger partial charge in [0.1, 0.15) is 0 Å². The average Bonchev–Trinajstić information content (AvgIpc) is 2.98. The Hall–Kier alpha value is -0.570. The molecule has 1 saturated heterocycles. The summed E-state index contributed by atoms with van der Waals surface area (Å²) in [7, 11) is 0. The van der Waals surface area contributed by atoms with Gasteiger partial charge < -0.3 is 10.6 Å². The lowest BCUT2D eigenvalue weighted by Crippen LogP contribution is -2.47. The molecule has 14 heavy (non-hydrogen) atoms. The van der Waals surface area contributed by atoms with Crippen LogP contribution in [0.5, 0.6) is 0 Å². The van der Waals surface area contributed by atoms with E-state index in [0.717, 1.165) is 31.8 Å². The van der Waals surface area contributed by atoms with Crippen molar-refractivity contribution >= 4 is 5.91 Å². The van der Waals surface area contributed by atoms with Crippen molar-refractivity contribution < 1.29 is 4.79 Å². The monoisotopic (exact) mass is 196 g/mol. The zero-order valence-corrected chi connectivity index (χ0v) is 8.88. The van der Waals surface area contributed by atoms with Crippen LogP contribution in [0.25, 0.3) is 0 Å². The molecule has 0 radical (unpaired) electrons. The van der Waals surface area contributed by atoms with Crippen LogP contribution in [0.4, 0.5) is 0 Å². The summed E-state index contributed by atoms with van der Waals surface area (Å²) < 4.78 is 0. The van der Waals surface area contributed by atoms with E-state index in [2.05, 4.69) is 17.6 Å². The van der Waals surface area contributed by atoms with Gasteiger partial charge in [0.25, 0.3) is 0 Å². The number of nitrogens with one attached hydrogen (secondary N) is 2. The lowest BCUT2D eigenvalue weighted by atomic mass is 9.91. The zero-order valence-electron chi connectivity index (χ0n) is 8.88. The predicted octanol–water partition coefficient (Wildman–Crippen LogP) is 0.901. The van der Waals surface area contributed by atoms with E-state index >= 15 is 0 Å². The van der Waals surface area contributed by atoms with Crippen LogP contribution in [-0.2, 0) is 4.79 Å². The van der Waals surface area contributed by atoms with Crippen molar-refractivity contribution in [2.75, 3.05) is 13.1 Å². The van der Waals surface area contributed by atoms with Crippen molar-refractivity contribution in [1.29, 1.82) is 0 Å². The highest BCUT2D eigenvalue weighted by molar-refractivity contribution is 5.79. The van der Waals surface area contributed by atoms with E-state index in [4.69, 9.17) is 0 Å². The highest BCUT2D eigenvalue weighted by Crippen LogP contribution is 2.27. The summed E-state index contributed by atoms with van der Waals surface area (Å²) in [5.41, 5.74) is 0. The summed E-state index contributed by atoms with van der Waals surface area (Å²) in [5.74, 6) is 1.24. The van der Waals surface area contributed by atoms with Gasteiger partial charge in [-0.2, -0.15) is 0 Å². The van der Waals surface area contributed by atoms with Gasteiger partial charge in [0.05, 0.1) is 5.92 Å². The molecule has 1 amide bonds. The van der Waals surface area contributed by atoms with Gasteiger partial charge in [0, 0.05) is 12.6 Å². The molecule has 0 spiro atoms. The van der Waals surface area contributed by atoms with E-state index in [-0.39, 0.29) is 11.8 Å². The fourth-order valence-corrected chi connectivity index (χ4v) is 2.10. The third kappa shape index (κ3) is 2.47. The molecule has 0 aromatic carbocycles. The van der Waals surface area contributed by atoms with E-state index in [1.807, 2.05) is 0 Å². The number of piperidine rings is 1. The number of carbonyl (C=O) groups is 1. The first kappa shape index (κ1) is 9.97. The van der Waals surface area contributed by atoms with Gasteiger partial charge in [-0.25, -0.2) is 0 Å². The molecule has 1 saturated carbocycles. The Balaban J connectivity index is 1.76. The molecular weight excluding hydrogens is 176 g/mol. The summed E-state index contributed by atoms with van der Waals surface area (Å²) in [6, 6.07) is 0.350. The van der Waals surface area contributed by atoms with Gasteiger partial charge in [0.2, 0.25) is 5.91 Å². The molecule has 0 bridgehead atoms. The first-order valence-corrected chi connectivity index (χ1v) is 5.78. The van der Waals surface area contributed by atoms with Gasteiger partial charge in [-0.15, -0.1) is 0 Å². The van der Waals surface area contributed by atoms with E-state index < -0.39 is 0 Å². The number of hydrogen-bond donors (Lipinski definition) is 2. The molecule has 1 aliphatic heterocycles. The number of carbonyl (C=O) groups excluding carboxylic acids is 1. The summed E-state index contributed by atoms with van der Waals surface area (Å²) in [4.78, 5) is 11.8. The fourth-order valence-electron chi connectivity index (χ4n) is 2.10. The van der Waals surface area contributed by atoms with Gasteiger partial charge in [0.15, 0.2) is 0 Å². The zero-order chi connectivity index (χ0) is 9.97. The van der Waals surface area contributed by atoms with Crippen LogP contribution in [0.15, 0.2) is 0 Å². The van der Waals surface area contributed by atoms with Crippen molar-refractivity contribution in [3.8, 4) is 0 Å². The molecule has 2 fully saturated rings. The van der Waals surface area contributed by atoms with Crippen LogP contribution in [0.1, 0.15) is 32.6 Å². The summed E-state index contributed by atoms with van der Waals surface area (Å²) >= 11 is 0. The maximum atomic E-state index is 11.8. The maximum Gasteiger partial charge on any atom is 0.224 e. The summed E-state index contributed by atoms with van der Waals surface area (Å²) in [6.45, 7) is 4.08. The first-order valence-electron chi connectivity index (χ1n) is 5.78. The Labute approximate surface area is 85.6 Å². The predicted molar refractivity (Wildman–Crippen MR) is 55.9 cm³/mol. The fraction of sp³-hybridized carbons (Fsp3) is 0.909. The Bertz CT molecular complexity index is 213. The average molecular weight is 196 g/mol. The highest BCUT2D eigenvalue weighted by atomic mass is 16.1. The Morgan fingerprint density at radius 1 is 1.43 bits per heavy atom. The molecule has 1 aliphatic carbocycles. The minimum atomic E-state index is 0.197. The number of rotatable bonds is 3. The molecule has 1 heterocycles. The highest BCUT2D eigenvalue weighted by Gasteiger charge is 2.29. The second kappa shape index (κ2) is 4.30. The molecule has 2 rings (SSSR count). The molecule has 80 valence electrons. The van der Waals surface area contributed by atoms with Gasteiger partial charge in [-0.05, 0) is 45.1 Å². The first-order chi connectivity index (χ1) is 6.77. The van der Waals surface area contributed by atoms with Crippen molar-refractivity contribution in [3.63, 3.8) is 0 Å². The van der Waals surface area contributed by atoms with Crippen LogP contribution in [0, 0.1) is 11.8 Å². The topological polar surface area (TPSA) is 41.1 Å². The minimum absolute atomic E-state index is 0.197. The van der Waals surface area contributed by atoms with E-state index in [0.29, 0.717) is 6.04 Å². The van der Waals surface area contributed by atoms with Gasteiger partial charge >= 0.3 is 0 Å². The van der Waals surface area contributed by atoms with E-state index in [1.54, 1.807) is 0 Å². The second-order valence-electron chi connectivity index (χ2n) is 4.68. The van der Waals surface area contributed by atoms with Crippen LogP contribution in [0.2, 0.25) is 0 Å². The summed E-state index contributed by atoms with van der Waals surface area (Å²) in [6.07, 6.45) is 4.79. The van der Waals surface area contributed by atoms with Crippen LogP contribution in [0.3, 0.4) is 0 Å². The molecule has 2 N–H and O–H groups in total. The Morgan fingerprint density at radius 2 is 2.21 bits per heavy atom. The molecule has 2 atom stereocenters. The normalized spacial score (nSPS) is 32.6. The van der Waals surface area contributed by atoms with Gasteiger partial charge in [-0.3, -0.25) is 4.79 Å². The van der Waals surface area contributed by atoms with Crippen LogP contribution < -0.4 is 10.6 Å². The quantitative estimate of drug-likeness (QED) is 0.704. The minimum Gasteiger partial charge on any atom is -0.356 e. The van der Waals surface area contributed by atoms with E-state index in [1.165, 1.54) is 12.8 Å². The lowest BCUT2D eigenvalue weighted by Gasteiger charge is -2.28. The molecule has 3 nitrogen and oxygen atoms in total. The largest absolute Gasteiger partial charge is 0.356 e. The van der Waals surface area contributed by atoms with Crippen molar-refractivity contribution in [1.82, 2.24) is 10.6 Å². The number of amides is 1. The van der Waals surface area contributed by atoms with Crippen molar-refractivity contribution in [3.05, 3.63) is 0 Å². The summed E-state index contributed by atoms with van der Waals surface area (Å²) in [5, 5.41) is 6.42. The molecular formula is C11H20N2O. The van der Waals surface area contributed by atoms with Crippen LogP contribution >= 0.6 is 0 Å². The molecule has 2 unspecified atom stereocenters. The number of hydrogen-bond acceptors (Lipinski definition) is 2. The second-order valence-corrected chi connectivity index (χ2v) is 4.68.